The van der Waals surface area contributed by atoms with Gasteiger partial charge in [-0.1, -0.05) is 35.3 Å². The Morgan fingerprint density at radius 3 is 2.38 bits per heavy atom. The monoisotopic (exact) mass is 212 g/mol. The van der Waals surface area contributed by atoms with E-state index in [0.717, 1.165) is 5.39 Å². The highest BCUT2D eigenvalue weighted by molar-refractivity contribution is 6.40. The Hall–Kier alpha value is -0.920. The van der Waals surface area contributed by atoms with Crippen molar-refractivity contribution in [3.63, 3.8) is 0 Å². The van der Waals surface area contributed by atoms with Crippen LogP contribution in [-0.4, -0.2) is 5.11 Å². The Morgan fingerprint density at radius 1 is 0.923 bits per heavy atom. The van der Waals surface area contributed by atoms with Gasteiger partial charge in [0.25, 0.3) is 0 Å². The highest BCUT2D eigenvalue weighted by Crippen LogP contribution is 2.35. The van der Waals surface area contributed by atoms with Gasteiger partial charge < -0.3 is 5.11 Å². The smallest absolute Gasteiger partial charge is 0.125 e. The molecule has 0 bridgehead atoms. The summed E-state index contributed by atoms with van der Waals surface area (Å²) in [5.74, 6) is 0.157. The predicted molar refractivity (Wildman–Crippen MR) is 55.6 cm³/mol. The molecule has 1 N–H and O–H groups in total. The minimum Gasteiger partial charge on any atom is -0.507 e. The van der Waals surface area contributed by atoms with E-state index < -0.39 is 0 Å². The molecule has 0 atom stereocenters. The van der Waals surface area contributed by atoms with E-state index in [4.69, 9.17) is 23.2 Å². The topological polar surface area (TPSA) is 20.2 Å². The van der Waals surface area contributed by atoms with Crippen LogP contribution in [0, 0.1) is 0 Å². The van der Waals surface area contributed by atoms with Gasteiger partial charge in [-0.05, 0) is 18.2 Å². The fraction of sp³-hybridized carbons (Fsp3) is 0. The minimum absolute atomic E-state index is 0.157. The average Bonchev–Trinajstić information content (AvgIpc) is 2.12. The lowest BCUT2D eigenvalue weighted by molar-refractivity contribution is 0.481. The second-order valence-electron chi connectivity index (χ2n) is 2.73. The molecular weight excluding hydrogens is 207 g/mol. The Morgan fingerprint density at radius 2 is 1.69 bits per heavy atom. The lowest BCUT2D eigenvalue weighted by atomic mass is 10.1. The first-order valence-electron chi connectivity index (χ1n) is 3.76. The lowest BCUT2D eigenvalue weighted by Gasteiger charge is -2.04. The van der Waals surface area contributed by atoms with Crippen LogP contribution in [0.25, 0.3) is 10.8 Å². The van der Waals surface area contributed by atoms with Crippen molar-refractivity contribution in [1.82, 2.24) is 0 Å². The molecule has 0 spiro atoms. The first-order valence-corrected chi connectivity index (χ1v) is 4.51. The maximum absolute atomic E-state index is 9.53. The van der Waals surface area contributed by atoms with Crippen molar-refractivity contribution >= 4 is 34.0 Å². The molecule has 0 aromatic heterocycles. The van der Waals surface area contributed by atoms with Gasteiger partial charge in [-0.3, -0.25) is 0 Å². The Kier molecular flexibility index (Phi) is 2.06. The maximum atomic E-state index is 9.53. The van der Waals surface area contributed by atoms with Crippen LogP contribution in [0.2, 0.25) is 10.0 Å². The number of benzene rings is 2. The molecule has 0 saturated carbocycles. The summed E-state index contributed by atoms with van der Waals surface area (Å²) in [5, 5.41) is 12.0. The van der Waals surface area contributed by atoms with Gasteiger partial charge in [0.15, 0.2) is 0 Å². The largest absolute Gasteiger partial charge is 0.507 e. The number of hydrogen-bond acceptors (Lipinski definition) is 1. The van der Waals surface area contributed by atoms with Crippen molar-refractivity contribution < 1.29 is 5.11 Å². The predicted octanol–water partition coefficient (Wildman–Crippen LogP) is 3.85. The first kappa shape index (κ1) is 8.67. The molecule has 0 aliphatic carbocycles. The summed E-state index contributed by atoms with van der Waals surface area (Å²) in [7, 11) is 0. The zero-order chi connectivity index (χ0) is 9.42. The van der Waals surface area contributed by atoms with Crippen molar-refractivity contribution in [2.45, 2.75) is 0 Å². The lowest BCUT2D eigenvalue weighted by Crippen LogP contribution is -1.76. The van der Waals surface area contributed by atoms with E-state index in [1.807, 2.05) is 6.07 Å². The number of aromatic hydroxyl groups is 1. The summed E-state index contributed by atoms with van der Waals surface area (Å²) >= 11 is 11.8. The van der Waals surface area contributed by atoms with Gasteiger partial charge in [-0.2, -0.15) is 0 Å². The number of hydrogen-bond donors (Lipinski definition) is 1. The van der Waals surface area contributed by atoms with Crippen LogP contribution in [0.3, 0.4) is 0 Å². The Balaban J connectivity index is 3.00. The van der Waals surface area contributed by atoms with Crippen molar-refractivity contribution in [3.05, 3.63) is 40.4 Å². The van der Waals surface area contributed by atoms with Crippen LogP contribution >= 0.6 is 23.2 Å². The molecule has 3 heteroatoms. The van der Waals surface area contributed by atoms with Crippen LogP contribution in [0.1, 0.15) is 0 Å². The van der Waals surface area contributed by atoms with Crippen LogP contribution in [-0.2, 0) is 0 Å². The fourth-order valence-electron chi connectivity index (χ4n) is 1.31. The van der Waals surface area contributed by atoms with E-state index in [0.29, 0.717) is 15.4 Å². The summed E-state index contributed by atoms with van der Waals surface area (Å²) in [4.78, 5) is 0. The first-order chi connectivity index (χ1) is 6.20. The quantitative estimate of drug-likeness (QED) is 0.704. The third kappa shape index (κ3) is 1.34. The molecular formula is C10H6Cl2O. The summed E-state index contributed by atoms with van der Waals surface area (Å²) < 4.78 is 0. The Bertz CT molecular complexity index is 457. The number of phenolic OH excluding ortho intramolecular Hbond substituents is 1. The number of rotatable bonds is 0. The average molecular weight is 213 g/mol. The van der Waals surface area contributed by atoms with Crippen LogP contribution in [0.15, 0.2) is 30.3 Å². The second kappa shape index (κ2) is 3.09. The van der Waals surface area contributed by atoms with Gasteiger partial charge in [0.2, 0.25) is 0 Å². The van der Waals surface area contributed by atoms with Crippen LogP contribution in [0.4, 0.5) is 0 Å². The molecule has 1 nitrogen and oxygen atoms in total. The summed E-state index contributed by atoms with van der Waals surface area (Å²) in [6.07, 6.45) is 0. The molecule has 2 rings (SSSR count). The zero-order valence-corrected chi connectivity index (χ0v) is 8.10. The van der Waals surface area contributed by atoms with E-state index in [2.05, 4.69) is 0 Å². The van der Waals surface area contributed by atoms with Gasteiger partial charge in [-0.15, -0.1) is 0 Å². The maximum Gasteiger partial charge on any atom is 0.125 e. The molecule has 66 valence electrons. The van der Waals surface area contributed by atoms with Crippen molar-refractivity contribution in [2.75, 3.05) is 0 Å². The fourth-order valence-corrected chi connectivity index (χ4v) is 1.80. The van der Waals surface area contributed by atoms with E-state index in [9.17, 15) is 5.11 Å². The van der Waals surface area contributed by atoms with E-state index in [1.54, 1.807) is 18.2 Å². The number of phenols is 1. The summed E-state index contributed by atoms with van der Waals surface area (Å²) in [6, 6.07) is 8.53. The molecule has 0 heterocycles. The standard InChI is InChI=1S/C10H6Cl2O/c11-7-4-5-9(13)10-6(7)2-1-3-8(10)12/h1-5,13H. The third-order valence-corrected chi connectivity index (χ3v) is 2.56. The SMILES string of the molecule is Oc1ccc(Cl)c2cccc(Cl)c12. The molecule has 0 fully saturated rings. The van der Waals surface area contributed by atoms with Gasteiger partial charge >= 0.3 is 0 Å². The molecule has 2 aromatic carbocycles. The molecule has 0 saturated heterocycles. The van der Waals surface area contributed by atoms with Gasteiger partial charge in [0, 0.05) is 15.8 Å². The molecule has 13 heavy (non-hydrogen) atoms. The number of halogens is 2. The summed E-state index contributed by atoms with van der Waals surface area (Å²) in [5.41, 5.74) is 0. The van der Waals surface area contributed by atoms with Gasteiger partial charge in [-0.25, -0.2) is 0 Å². The molecule has 0 unspecified atom stereocenters. The Labute approximate surface area is 85.5 Å². The normalized spacial score (nSPS) is 10.6. The van der Waals surface area contributed by atoms with Gasteiger partial charge in [0.1, 0.15) is 5.75 Å². The summed E-state index contributed by atoms with van der Waals surface area (Å²) in [6.45, 7) is 0. The van der Waals surface area contributed by atoms with E-state index in [1.165, 1.54) is 6.07 Å². The van der Waals surface area contributed by atoms with Crippen molar-refractivity contribution in [3.8, 4) is 5.75 Å². The van der Waals surface area contributed by atoms with Gasteiger partial charge in [0.05, 0.1) is 5.02 Å². The van der Waals surface area contributed by atoms with E-state index in [-0.39, 0.29) is 5.75 Å². The molecule has 0 amide bonds. The number of fused-ring (bicyclic) bond motifs is 1. The van der Waals surface area contributed by atoms with E-state index >= 15 is 0 Å². The highest BCUT2D eigenvalue weighted by Gasteiger charge is 2.06. The van der Waals surface area contributed by atoms with Crippen LogP contribution < -0.4 is 0 Å². The molecule has 0 radical (unpaired) electrons. The molecule has 0 aliphatic rings. The van der Waals surface area contributed by atoms with Crippen molar-refractivity contribution in [2.24, 2.45) is 0 Å². The van der Waals surface area contributed by atoms with Crippen molar-refractivity contribution in [1.29, 1.82) is 0 Å². The second-order valence-corrected chi connectivity index (χ2v) is 3.54. The highest BCUT2D eigenvalue weighted by atomic mass is 35.5. The molecule has 0 aliphatic heterocycles. The zero-order valence-electron chi connectivity index (χ0n) is 6.59. The third-order valence-electron chi connectivity index (χ3n) is 1.91. The van der Waals surface area contributed by atoms with Crippen LogP contribution in [0.5, 0.6) is 5.75 Å². The molecule has 2 aromatic rings. The minimum atomic E-state index is 0.157.